The van der Waals surface area contributed by atoms with Gasteiger partial charge in [-0.2, -0.15) is 0 Å². The molecule has 0 aliphatic carbocycles. The van der Waals surface area contributed by atoms with E-state index in [0.29, 0.717) is 31.1 Å². The molecule has 2 aromatic rings. The number of carbonyl (C=O) groups excluding carboxylic acids is 2. The van der Waals surface area contributed by atoms with Crippen LogP contribution in [0.4, 0.5) is 4.39 Å². The molecule has 33 heavy (non-hydrogen) atoms. The molecule has 2 amide bonds. The number of nitrogens with one attached hydrogen (secondary N) is 2. The van der Waals surface area contributed by atoms with E-state index in [1.54, 1.807) is 36.4 Å². The van der Waals surface area contributed by atoms with Crippen LogP contribution in [0.3, 0.4) is 0 Å². The predicted octanol–water partition coefficient (Wildman–Crippen LogP) is 2.78. The fourth-order valence-corrected chi connectivity index (χ4v) is 3.93. The van der Waals surface area contributed by atoms with Crippen molar-refractivity contribution < 1.29 is 23.5 Å². The minimum Gasteiger partial charge on any atom is -0.496 e. The van der Waals surface area contributed by atoms with Crippen molar-refractivity contribution in [3.05, 3.63) is 65.5 Å². The van der Waals surface area contributed by atoms with E-state index in [1.165, 1.54) is 19.2 Å². The van der Waals surface area contributed by atoms with Gasteiger partial charge in [0.2, 0.25) is 5.91 Å². The SMILES string of the molecule is COc1ccccc1C(=O)N[C@H](C(=O)NCC(c1ccc(F)cc1)N1CCOCC1)C(C)C. The molecule has 0 spiro atoms. The summed E-state index contributed by atoms with van der Waals surface area (Å²) < 4.78 is 24.2. The molecule has 178 valence electrons. The molecule has 1 aliphatic heterocycles. The monoisotopic (exact) mass is 457 g/mol. The molecule has 1 unspecified atom stereocenters. The van der Waals surface area contributed by atoms with Gasteiger partial charge in [-0.1, -0.05) is 38.1 Å². The highest BCUT2D eigenvalue weighted by atomic mass is 19.1. The normalized spacial score (nSPS) is 16.2. The number of hydrogen-bond acceptors (Lipinski definition) is 5. The molecule has 2 N–H and O–H groups in total. The quantitative estimate of drug-likeness (QED) is 0.605. The molecule has 2 aromatic carbocycles. The number of para-hydroxylation sites is 1. The molecule has 0 aromatic heterocycles. The summed E-state index contributed by atoms with van der Waals surface area (Å²) >= 11 is 0. The average molecular weight is 458 g/mol. The second-order valence-corrected chi connectivity index (χ2v) is 8.36. The summed E-state index contributed by atoms with van der Waals surface area (Å²) in [6.07, 6.45) is 0. The van der Waals surface area contributed by atoms with Gasteiger partial charge in [0.1, 0.15) is 17.6 Å². The van der Waals surface area contributed by atoms with Crippen LogP contribution in [-0.4, -0.2) is 62.7 Å². The summed E-state index contributed by atoms with van der Waals surface area (Å²) in [6.45, 7) is 6.74. The number of halogens is 1. The highest BCUT2D eigenvalue weighted by Gasteiger charge is 2.28. The molecule has 3 rings (SSSR count). The molecular formula is C25H32FN3O4. The van der Waals surface area contributed by atoms with Crippen LogP contribution in [0.2, 0.25) is 0 Å². The van der Waals surface area contributed by atoms with Gasteiger partial charge in [-0.05, 0) is 35.7 Å². The molecule has 8 heteroatoms. The highest BCUT2D eigenvalue weighted by molar-refractivity contribution is 5.99. The van der Waals surface area contributed by atoms with E-state index in [-0.39, 0.29) is 29.6 Å². The van der Waals surface area contributed by atoms with Crippen LogP contribution in [0.5, 0.6) is 5.75 Å². The lowest BCUT2D eigenvalue weighted by atomic mass is 10.0. The lowest BCUT2D eigenvalue weighted by Crippen LogP contribution is -2.52. The van der Waals surface area contributed by atoms with Gasteiger partial charge in [-0.3, -0.25) is 14.5 Å². The molecule has 0 bridgehead atoms. The molecule has 1 heterocycles. The first-order valence-electron chi connectivity index (χ1n) is 11.2. The predicted molar refractivity (Wildman–Crippen MR) is 124 cm³/mol. The third-order valence-corrected chi connectivity index (χ3v) is 5.80. The summed E-state index contributed by atoms with van der Waals surface area (Å²) in [7, 11) is 1.50. The summed E-state index contributed by atoms with van der Waals surface area (Å²) in [4.78, 5) is 28.2. The molecule has 7 nitrogen and oxygen atoms in total. The topological polar surface area (TPSA) is 79.9 Å². The van der Waals surface area contributed by atoms with E-state index in [2.05, 4.69) is 15.5 Å². The standard InChI is InChI=1S/C25H32FN3O4/c1-17(2)23(28-24(30)20-6-4-5-7-22(20)32-3)25(31)27-16-21(29-12-14-33-15-13-29)18-8-10-19(26)11-9-18/h4-11,17,21,23H,12-16H2,1-3H3,(H,27,31)(H,28,30)/t21?,23-/m0/s1. The Balaban J connectivity index is 1.71. The first kappa shape index (κ1) is 24.7. The average Bonchev–Trinajstić information content (AvgIpc) is 2.83. The van der Waals surface area contributed by atoms with Crippen molar-refractivity contribution in [2.24, 2.45) is 5.92 Å². The summed E-state index contributed by atoms with van der Waals surface area (Å²) in [6, 6.07) is 12.4. The Kier molecular flexibility index (Phi) is 8.79. The fourth-order valence-electron chi connectivity index (χ4n) is 3.93. The minimum atomic E-state index is -0.721. The third-order valence-electron chi connectivity index (χ3n) is 5.80. The van der Waals surface area contributed by atoms with Gasteiger partial charge in [0, 0.05) is 19.6 Å². The molecule has 0 saturated carbocycles. The van der Waals surface area contributed by atoms with Gasteiger partial charge < -0.3 is 20.1 Å². The van der Waals surface area contributed by atoms with Crippen molar-refractivity contribution in [2.45, 2.75) is 25.9 Å². The van der Waals surface area contributed by atoms with Crippen LogP contribution in [-0.2, 0) is 9.53 Å². The van der Waals surface area contributed by atoms with Crippen LogP contribution < -0.4 is 15.4 Å². The number of benzene rings is 2. The van der Waals surface area contributed by atoms with Crippen molar-refractivity contribution >= 4 is 11.8 Å². The third kappa shape index (κ3) is 6.52. The van der Waals surface area contributed by atoms with E-state index in [1.807, 2.05) is 13.8 Å². The Hall–Kier alpha value is -2.97. The van der Waals surface area contributed by atoms with Gasteiger partial charge >= 0.3 is 0 Å². The molecule has 0 radical (unpaired) electrons. The summed E-state index contributed by atoms with van der Waals surface area (Å²) in [5.74, 6) is -0.626. The Labute approximate surface area is 194 Å². The Morgan fingerprint density at radius 3 is 2.39 bits per heavy atom. The maximum Gasteiger partial charge on any atom is 0.255 e. The van der Waals surface area contributed by atoms with Gasteiger partial charge in [0.15, 0.2) is 0 Å². The number of nitrogens with zero attached hydrogens (tertiary/aromatic N) is 1. The first-order chi connectivity index (χ1) is 15.9. The zero-order chi connectivity index (χ0) is 23.8. The highest BCUT2D eigenvalue weighted by Crippen LogP contribution is 2.22. The zero-order valence-electron chi connectivity index (χ0n) is 19.3. The summed E-state index contributed by atoms with van der Waals surface area (Å²) in [5, 5.41) is 5.84. The van der Waals surface area contributed by atoms with Crippen LogP contribution in [0.1, 0.15) is 35.8 Å². The number of hydrogen-bond donors (Lipinski definition) is 2. The maximum absolute atomic E-state index is 13.5. The molecule has 1 fully saturated rings. The van der Waals surface area contributed by atoms with Gasteiger partial charge in [-0.15, -0.1) is 0 Å². The maximum atomic E-state index is 13.5. The van der Waals surface area contributed by atoms with Crippen LogP contribution >= 0.6 is 0 Å². The van der Waals surface area contributed by atoms with Gasteiger partial charge in [-0.25, -0.2) is 4.39 Å². The summed E-state index contributed by atoms with van der Waals surface area (Å²) in [5.41, 5.74) is 1.29. The van der Waals surface area contributed by atoms with Crippen LogP contribution in [0, 0.1) is 11.7 Å². The first-order valence-corrected chi connectivity index (χ1v) is 11.2. The zero-order valence-corrected chi connectivity index (χ0v) is 19.3. The second-order valence-electron chi connectivity index (χ2n) is 8.36. The van der Waals surface area contributed by atoms with E-state index in [9.17, 15) is 14.0 Å². The Morgan fingerprint density at radius 1 is 1.09 bits per heavy atom. The smallest absolute Gasteiger partial charge is 0.255 e. The number of morpholine rings is 1. The van der Waals surface area contributed by atoms with E-state index < -0.39 is 6.04 Å². The molecule has 1 aliphatic rings. The van der Waals surface area contributed by atoms with Crippen LogP contribution in [0.25, 0.3) is 0 Å². The Morgan fingerprint density at radius 2 is 1.76 bits per heavy atom. The largest absolute Gasteiger partial charge is 0.496 e. The molecular weight excluding hydrogens is 425 g/mol. The van der Waals surface area contributed by atoms with Crippen molar-refractivity contribution in [1.29, 1.82) is 0 Å². The molecule has 1 saturated heterocycles. The van der Waals surface area contributed by atoms with Crippen molar-refractivity contribution in [3.63, 3.8) is 0 Å². The van der Waals surface area contributed by atoms with Crippen molar-refractivity contribution in [3.8, 4) is 5.75 Å². The lowest BCUT2D eigenvalue weighted by Gasteiger charge is -2.35. The number of rotatable bonds is 9. The fraction of sp³-hybridized carbons (Fsp3) is 0.440. The van der Waals surface area contributed by atoms with E-state index in [4.69, 9.17) is 9.47 Å². The number of carbonyl (C=O) groups is 2. The van der Waals surface area contributed by atoms with Crippen molar-refractivity contribution in [2.75, 3.05) is 40.0 Å². The van der Waals surface area contributed by atoms with Crippen LogP contribution in [0.15, 0.2) is 48.5 Å². The molecule has 2 atom stereocenters. The number of amides is 2. The van der Waals surface area contributed by atoms with E-state index >= 15 is 0 Å². The van der Waals surface area contributed by atoms with Gasteiger partial charge in [0.25, 0.3) is 5.91 Å². The number of methoxy groups -OCH3 is 1. The Bertz CT molecular complexity index is 930. The van der Waals surface area contributed by atoms with Gasteiger partial charge in [0.05, 0.1) is 31.9 Å². The minimum absolute atomic E-state index is 0.128. The number of ether oxygens (including phenoxy) is 2. The lowest BCUT2D eigenvalue weighted by molar-refractivity contribution is -0.124. The van der Waals surface area contributed by atoms with Crippen molar-refractivity contribution in [1.82, 2.24) is 15.5 Å². The second kappa shape index (κ2) is 11.8. The van der Waals surface area contributed by atoms with E-state index in [0.717, 1.165) is 18.7 Å².